The van der Waals surface area contributed by atoms with Crippen molar-refractivity contribution in [3.05, 3.63) is 65.4 Å². The molecule has 0 fully saturated rings. The maximum Gasteiger partial charge on any atom is 0.416 e. The average Bonchev–Trinajstić information content (AvgIpc) is 3.10. The van der Waals surface area contributed by atoms with E-state index in [1.807, 2.05) is 6.92 Å². The van der Waals surface area contributed by atoms with Crippen molar-refractivity contribution in [3.8, 4) is 17.0 Å². The maximum absolute atomic E-state index is 13.0. The molecule has 28 heavy (non-hydrogen) atoms. The molecule has 0 spiro atoms. The molecule has 3 rings (SSSR count). The van der Waals surface area contributed by atoms with E-state index < -0.39 is 17.6 Å². The number of H-pyrrole nitrogens is 1. The molecule has 0 aliphatic rings. The quantitative estimate of drug-likeness (QED) is 0.651. The Morgan fingerprint density at radius 3 is 2.61 bits per heavy atom. The summed E-state index contributed by atoms with van der Waals surface area (Å²) in [5.74, 6) is 0.108. The molecule has 1 aromatic heterocycles. The molecule has 0 radical (unpaired) electrons. The van der Waals surface area contributed by atoms with E-state index >= 15 is 0 Å². The molecule has 0 bridgehead atoms. The van der Waals surface area contributed by atoms with Crippen LogP contribution in [0.3, 0.4) is 0 Å². The number of benzene rings is 2. The number of anilines is 1. The summed E-state index contributed by atoms with van der Waals surface area (Å²) in [6, 6.07) is 11.4. The minimum absolute atomic E-state index is 0.249. The molecule has 2 N–H and O–H groups in total. The van der Waals surface area contributed by atoms with Crippen LogP contribution in [0.25, 0.3) is 11.3 Å². The zero-order valence-corrected chi connectivity index (χ0v) is 15.2. The predicted molar refractivity (Wildman–Crippen MR) is 99.4 cm³/mol. The lowest BCUT2D eigenvalue weighted by atomic mass is 10.1. The Morgan fingerprint density at radius 1 is 1.18 bits per heavy atom. The number of nitrogens with one attached hydrogen (secondary N) is 2. The summed E-state index contributed by atoms with van der Waals surface area (Å²) in [7, 11) is 1.49. The summed E-state index contributed by atoms with van der Waals surface area (Å²) in [5, 5.41) is 9.68. The van der Waals surface area contributed by atoms with Gasteiger partial charge in [-0.1, -0.05) is 25.1 Å². The van der Waals surface area contributed by atoms with Crippen LogP contribution in [0.5, 0.6) is 5.75 Å². The third-order valence-corrected chi connectivity index (χ3v) is 4.23. The molecule has 2 aromatic carbocycles. The van der Waals surface area contributed by atoms with Gasteiger partial charge in [0.25, 0.3) is 5.91 Å². The average molecular weight is 389 g/mol. The minimum atomic E-state index is -4.47. The van der Waals surface area contributed by atoms with E-state index in [4.69, 9.17) is 4.74 Å². The van der Waals surface area contributed by atoms with E-state index in [0.717, 1.165) is 12.1 Å². The normalized spacial score (nSPS) is 11.3. The summed E-state index contributed by atoms with van der Waals surface area (Å²) < 4.78 is 44.3. The van der Waals surface area contributed by atoms with Gasteiger partial charge in [0.2, 0.25) is 0 Å². The third kappa shape index (κ3) is 4.00. The zero-order valence-electron chi connectivity index (χ0n) is 15.2. The number of amides is 1. The van der Waals surface area contributed by atoms with Gasteiger partial charge in [-0.3, -0.25) is 9.89 Å². The standard InChI is InChI=1S/C20H18F3N3O2/c1-3-16-18(24-19(27)13-7-5-9-15(11-13)28-2)17(26-25-16)12-6-4-8-14(10-12)20(21,22)23/h4-11H,3H2,1-2H3,(H,24,27)(H,25,26). The van der Waals surface area contributed by atoms with E-state index in [2.05, 4.69) is 15.5 Å². The Hall–Kier alpha value is -3.29. The first kappa shape index (κ1) is 19.5. The minimum Gasteiger partial charge on any atom is -0.497 e. The van der Waals surface area contributed by atoms with Crippen molar-refractivity contribution >= 4 is 11.6 Å². The number of carbonyl (C=O) groups excluding carboxylic acids is 1. The number of hydrogen-bond acceptors (Lipinski definition) is 3. The van der Waals surface area contributed by atoms with Crippen LogP contribution in [-0.2, 0) is 12.6 Å². The fourth-order valence-electron chi connectivity index (χ4n) is 2.77. The van der Waals surface area contributed by atoms with Crippen molar-refractivity contribution in [2.75, 3.05) is 12.4 Å². The van der Waals surface area contributed by atoms with Crippen LogP contribution in [-0.4, -0.2) is 23.2 Å². The maximum atomic E-state index is 13.0. The Bertz CT molecular complexity index is 996. The molecule has 0 unspecified atom stereocenters. The molecule has 0 aliphatic carbocycles. The second-order valence-corrected chi connectivity index (χ2v) is 6.04. The van der Waals surface area contributed by atoms with E-state index in [0.29, 0.717) is 29.1 Å². The van der Waals surface area contributed by atoms with E-state index in [-0.39, 0.29) is 11.3 Å². The van der Waals surface area contributed by atoms with Crippen LogP contribution < -0.4 is 10.1 Å². The molecule has 0 saturated carbocycles. The molecule has 0 saturated heterocycles. The van der Waals surface area contributed by atoms with Crippen molar-refractivity contribution in [1.82, 2.24) is 10.2 Å². The third-order valence-electron chi connectivity index (χ3n) is 4.23. The fourth-order valence-corrected chi connectivity index (χ4v) is 2.77. The number of ether oxygens (including phenoxy) is 1. The van der Waals surface area contributed by atoms with Crippen LogP contribution in [0.4, 0.5) is 18.9 Å². The first-order valence-corrected chi connectivity index (χ1v) is 8.53. The molecule has 1 heterocycles. The number of aromatic amines is 1. The molecule has 1 amide bonds. The van der Waals surface area contributed by atoms with Crippen molar-refractivity contribution in [3.63, 3.8) is 0 Å². The molecule has 0 atom stereocenters. The van der Waals surface area contributed by atoms with Crippen molar-refractivity contribution < 1.29 is 22.7 Å². The highest BCUT2D eigenvalue weighted by molar-refractivity contribution is 6.06. The highest BCUT2D eigenvalue weighted by atomic mass is 19.4. The summed E-state index contributed by atoms with van der Waals surface area (Å²) >= 11 is 0. The monoisotopic (exact) mass is 389 g/mol. The number of rotatable bonds is 5. The summed E-state index contributed by atoms with van der Waals surface area (Å²) in [6.45, 7) is 1.85. The van der Waals surface area contributed by atoms with Gasteiger partial charge in [0.1, 0.15) is 11.4 Å². The molecule has 3 aromatic rings. The number of aryl methyl sites for hydroxylation is 1. The van der Waals surface area contributed by atoms with Crippen molar-refractivity contribution in [2.24, 2.45) is 0 Å². The number of alkyl halides is 3. The van der Waals surface area contributed by atoms with Gasteiger partial charge in [0.05, 0.1) is 24.1 Å². The molecular weight excluding hydrogens is 371 g/mol. The molecule has 146 valence electrons. The Kier molecular flexibility index (Phi) is 5.39. The predicted octanol–water partition coefficient (Wildman–Crippen LogP) is 4.92. The number of nitrogens with zero attached hydrogens (tertiary/aromatic N) is 1. The Balaban J connectivity index is 1.98. The summed E-state index contributed by atoms with van der Waals surface area (Å²) in [5.41, 5.74) is 1.05. The van der Waals surface area contributed by atoms with E-state index in [9.17, 15) is 18.0 Å². The van der Waals surface area contributed by atoms with Gasteiger partial charge < -0.3 is 10.1 Å². The first-order valence-electron chi connectivity index (χ1n) is 8.53. The molecule has 8 heteroatoms. The zero-order chi connectivity index (χ0) is 20.3. The van der Waals surface area contributed by atoms with E-state index in [1.165, 1.54) is 19.2 Å². The van der Waals surface area contributed by atoms with Gasteiger partial charge in [0, 0.05) is 11.1 Å². The SMILES string of the molecule is CCc1[nH]nc(-c2cccc(C(F)(F)F)c2)c1NC(=O)c1cccc(OC)c1. The second-order valence-electron chi connectivity index (χ2n) is 6.04. The van der Waals surface area contributed by atoms with Crippen LogP contribution >= 0.6 is 0 Å². The number of halogens is 3. The molecule has 0 aliphatic heterocycles. The van der Waals surface area contributed by atoms with Crippen LogP contribution in [0.2, 0.25) is 0 Å². The number of methoxy groups -OCH3 is 1. The van der Waals surface area contributed by atoms with Gasteiger partial charge in [-0.05, 0) is 36.8 Å². The van der Waals surface area contributed by atoms with Crippen molar-refractivity contribution in [2.45, 2.75) is 19.5 Å². The topological polar surface area (TPSA) is 67.0 Å². The van der Waals surface area contributed by atoms with Gasteiger partial charge in [-0.25, -0.2) is 0 Å². The highest BCUT2D eigenvalue weighted by Gasteiger charge is 2.31. The Morgan fingerprint density at radius 2 is 1.93 bits per heavy atom. The van der Waals surface area contributed by atoms with Crippen LogP contribution in [0.15, 0.2) is 48.5 Å². The number of hydrogen-bond donors (Lipinski definition) is 2. The lowest BCUT2D eigenvalue weighted by Gasteiger charge is -2.11. The highest BCUT2D eigenvalue weighted by Crippen LogP contribution is 2.35. The van der Waals surface area contributed by atoms with E-state index in [1.54, 1.807) is 24.3 Å². The first-order chi connectivity index (χ1) is 13.3. The smallest absolute Gasteiger partial charge is 0.416 e. The van der Waals surface area contributed by atoms with Gasteiger partial charge >= 0.3 is 6.18 Å². The van der Waals surface area contributed by atoms with Gasteiger partial charge in [-0.15, -0.1) is 0 Å². The van der Waals surface area contributed by atoms with Crippen molar-refractivity contribution in [1.29, 1.82) is 0 Å². The van der Waals surface area contributed by atoms with Gasteiger partial charge in [0.15, 0.2) is 0 Å². The summed E-state index contributed by atoms with van der Waals surface area (Å²) in [6.07, 6.45) is -3.95. The lowest BCUT2D eigenvalue weighted by Crippen LogP contribution is -2.13. The second kappa shape index (κ2) is 7.75. The van der Waals surface area contributed by atoms with Crippen LogP contribution in [0, 0.1) is 0 Å². The number of carbonyl (C=O) groups is 1. The van der Waals surface area contributed by atoms with Crippen LogP contribution in [0.1, 0.15) is 28.5 Å². The fraction of sp³-hybridized carbons (Fsp3) is 0.200. The molecular formula is C20H18F3N3O2. The summed E-state index contributed by atoms with van der Waals surface area (Å²) in [4.78, 5) is 12.7. The molecule has 5 nitrogen and oxygen atoms in total. The van der Waals surface area contributed by atoms with Gasteiger partial charge in [-0.2, -0.15) is 18.3 Å². The largest absolute Gasteiger partial charge is 0.497 e. The lowest BCUT2D eigenvalue weighted by molar-refractivity contribution is -0.137. The number of aromatic nitrogens is 2. The Labute approximate surface area is 159 Å².